The van der Waals surface area contributed by atoms with E-state index in [2.05, 4.69) is 8.85 Å². The first kappa shape index (κ1) is 75.5. The van der Waals surface area contributed by atoms with Crippen molar-refractivity contribution in [2.75, 3.05) is 57.5 Å². The maximum atomic E-state index is 14.5. The number of unbranched alkanes of at least 4 members (excludes halogenated alkanes) is 2. The second-order valence-electron chi connectivity index (χ2n) is 24.4. The summed E-state index contributed by atoms with van der Waals surface area (Å²) in [5.41, 5.74) is 0.995. The predicted octanol–water partition coefficient (Wildman–Crippen LogP) is 1.52. The largest absolute Gasteiger partial charge is 0.493 e. The van der Waals surface area contributed by atoms with Crippen LogP contribution in [0.2, 0.25) is 0 Å². The monoisotopic (exact) mass is 1540 g/mol. The molecule has 3 unspecified atom stereocenters. The molecule has 36 heteroatoms. The van der Waals surface area contributed by atoms with E-state index in [4.69, 9.17) is 52.1 Å². The molecule has 0 bridgehead atoms. The highest BCUT2D eigenvalue weighted by molar-refractivity contribution is 14.1. The highest BCUT2D eigenvalue weighted by Gasteiger charge is 2.51. The Kier molecular flexibility index (Phi) is 24.0. The van der Waals surface area contributed by atoms with Gasteiger partial charge in [0.25, 0.3) is 23.6 Å². The van der Waals surface area contributed by atoms with Crippen molar-refractivity contribution in [3.05, 3.63) is 118 Å². The molecule has 6 amide bonds. The van der Waals surface area contributed by atoms with Crippen LogP contribution >= 0.6 is 22.9 Å². The minimum atomic E-state index is -2.03. The topological polar surface area (TPSA) is 477 Å². The van der Waals surface area contributed by atoms with Gasteiger partial charge in [-0.15, -0.1) is 0 Å². The van der Waals surface area contributed by atoms with Crippen LogP contribution in [0.15, 0.2) is 84.2 Å². The van der Waals surface area contributed by atoms with E-state index in [1.165, 1.54) is 91.8 Å². The van der Waals surface area contributed by atoms with Crippen molar-refractivity contribution in [3.8, 4) is 34.5 Å². The van der Waals surface area contributed by atoms with E-state index in [-0.39, 0.29) is 118 Å². The summed E-state index contributed by atoms with van der Waals surface area (Å²) in [5, 5.41) is 108. The van der Waals surface area contributed by atoms with Gasteiger partial charge in [-0.05, 0) is 93.5 Å². The molecule has 0 saturated carbocycles. The van der Waals surface area contributed by atoms with Gasteiger partial charge < -0.3 is 118 Å². The number of fused-ring (bicyclic) bond motifs is 4. The number of carbonyl (C=O) groups is 8. The van der Waals surface area contributed by atoms with Gasteiger partial charge in [-0.2, -0.15) is 0 Å². The van der Waals surface area contributed by atoms with Gasteiger partial charge in [0.15, 0.2) is 47.7 Å². The van der Waals surface area contributed by atoms with Crippen molar-refractivity contribution in [1.29, 1.82) is 0 Å². The third-order valence-corrected chi connectivity index (χ3v) is 18.0. The molecule has 10 rings (SSSR count). The SMILES string of the molecule is COCCNC(=O)c1cc(COC(=O)N2c3cc(OCCCCCOc4cc5c(cc4OC)C(=O)N4C=C(C)C[C@H]4C(O)N5C(=O)OCc4ccc(O[C@@H]5O[C@H](C(=O)O)[C@@H](O)[C@H](O)[C@H]5O)c(C(=O)NI)c4)c(OC)cc3C(=O)N3C=C(C)CC3C2O)ccc1O[C@@H]1O[C@H](C(=O)O)[C@@H](O)[C@H](O)[C@H]1O. The number of carbonyl (C=O) groups excluding carboxylic acids is 6. The lowest BCUT2D eigenvalue weighted by Gasteiger charge is -2.38. The fraction of sp³-hybridized carbons (Fsp3) is 0.455. The van der Waals surface area contributed by atoms with E-state index in [0.29, 0.717) is 19.3 Å². The smallest absolute Gasteiger partial charge is 0.416 e. The summed E-state index contributed by atoms with van der Waals surface area (Å²) >= 11 is 1.55. The molecule has 4 aromatic carbocycles. The molecule has 0 spiro atoms. The van der Waals surface area contributed by atoms with E-state index < -0.39 is 147 Å². The summed E-state index contributed by atoms with van der Waals surface area (Å²) in [5.74, 6) is -6.25. The number of hydrogen-bond donors (Lipinski definition) is 12. The van der Waals surface area contributed by atoms with E-state index in [0.717, 1.165) is 20.9 Å². The van der Waals surface area contributed by atoms with Crippen LogP contribution in [0.4, 0.5) is 21.0 Å². The molecule has 6 aliphatic rings. The number of aliphatic hydroxyl groups excluding tert-OH is 8. The average Bonchev–Trinajstić information content (AvgIpc) is 1.59. The Morgan fingerprint density at radius 3 is 1.34 bits per heavy atom. The first-order valence-corrected chi connectivity index (χ1v) is 32.9. The van der Waals surface area contributed by atoms with Gasteiger partial charge in [0.05, 0.1) is 103 Å². The molecular formula is C66H75IN6O29. The zero-order chi connectivity index (χ0) is 73.7. The standard InChI is InChI=1S/C66H75IN6O29/c1-29-17-39-59(84)72(65(90)97-27-31-9-11-41(35(19-31)55(80)68-13-16-92-3)99-63-51(78)47(74)49(76)53(101-63)61(86)87)37-23-45(43(93-4)21-33(37)57(82)70(39)25-29)95-14-7-6-8-15-96-46-24-38-34(22-44(46)94-5)58(83)71-26-30(2)18-40(71)60(85)73(38)66(91)98-28-32-10-12-42(36(20-32)56(81)69-67)100-64-52(79)48(75)50(77)54(102-64)62(88)89/h9-12,19-26,39-40,47-54,59-60,63-64,74-79,84-85H,6-8,13-18,27-28H2,1-5H3,(H,68,80)(H,69,81)(H,86,87)(H,88,89)/t39?,40-,47-,48-,49-,50-,51+,52+,53-,54-,59?,60?,63+,64+/m0/s1. The van der Waals surface area contributed by atoms with Crippen LogP contribution in [0.5, 0.6) is 34.5 Å². The molecule has 2 saturated heterocycles. The van der Waals surface area contributed by atoms with Crippen molar-refractivity contribution in [1.82, 2.24) is 18.6 Å². The van der Waals surface area contributed by atoms with Crippen molar-refractivity contribution in [2.24, 2.45) is 0 Å². The molecule has 2 fully saturated rings. The number of hydrogen-bond acceptors (Lipinski definition) is 27. The number of aliphatic carboxylic acids is 2. The van der Waals surface area contributed by atoms with E-state index in [1.54, 1.807) is 49.1 Å². The lowest BCUT2D eigenvalue weighted by molar-refractivity contribution is -0.271. The molecule has 35 nitrogen and oxygen atoms in total. The van der Waals surface area contributed by atoms with Crippen molar-refractivity contribution >= 4 is 82.0 Å². The lowest BCUT2D eigenvalue weighted by Crippen LogP contribution is -2.61. The van der Waals surface area contributed by atoms with Gasteiger partial charge in [0.2, 0.25) is 12.6 Å². The maximum absolute atomic E-state index is 14.5. The normalized spacial score (nSPS) is 25.8. The highest BCUT2D eigenvalue weighted by Crippen LogP contribution is 2.45. The summed E-state index contributed by atoms with van der Waals surface area (Å²) in [4.78, 5) is 112. The zero-order valence-corrected chi connectivity index (χ0v) is 57.3. The Morgan fingerprint density at radius 2 is 0.951 bits per heavy atom. The number of amides is 6. The van der Waals surface area contributed by atoms with Gasteiger partial charge in [0, 0.05) is 38.2 Å². The second kappa shape index (κ2) is 32.4. The Morgan fingerprint density at radius 1 is 0.529 bits per heavy atom. The number of ether oxygens (including phenoxy) is 11. The first-order chi connectivity index (χ1) is 48.7. The number of methoxy groups -OCH3 is 3. The molecule has 0 aromatic heterocycles. The summed E-state index contributed by atoms with van der Waals surface area (Å²) in [6.07, 6.45) is -20.8. The van der Waals surface area contributed by atoms with E-state index >= 15 is 0 Å². The fourth-order valence-corrected chi connectivity index (χ4v) is 12.6. The third-order valence-electron chi connectivity index (χ3n) is 17.5. The Labute approximate surface area is 594 Å². The predicted molar refractivity (Wildman–Crippen MR) is 353 cm³/mol. The summed E-state index contributed by atoms with van der Waals surface area (Å²) < 4.78 is 64.7. The number of halogens is 1. The Bertz CT molecular complexity index is 3930. The minimum absolute atomic E-state index is 0.00766. The number of carboxylic acids is 2. The van der Waals surface area contributed by atoms with Crippen LogP contribution in [0.1, 0.15) is 98.5 Å². The molecule has 4 aromatic rings. The molecule has 12 N–H and O–H groups in total. The van der Waals surface area contributed by atoms with E-state index in [1.807, 2.05) is 0 Å². The molecule has 0 radical (unpaired) electrons. The molecule has 6 heterocycles. The number of nitrogens with zero attached hydrogens (tertiary/aromatic N) is 4. The number of carboxylic acid groups (broad SMARTS) is 2. The van der Waals surface area contributed by atoms with Crippen molar-refractivity contribution < 1.29 is 142 Å². The molecule has 550 valence electrons. The molecule has 0 aliphatic carbocycles. The van der Waals surface area contributed by atoms with Crippen molar-refractivity contribution in [2.45, 2.75) is 145 Å². The summed E-state index contributed by atoms with van der Waals surface area (Å²) in [6, 6.07) is 11.2. The lowest BCUT2D eigenvalue weighted by atomic mass is 9.99. The zero-order valence-electron chi connectivity index (χ0n) is 55.2. The van der Waals surface area contributed by atoms with Crippen LogP contribution in [0, 0.1) is 0 Å². The second-order valence-corrected chi connectivity index (χ2v) is 25.0. The molecular weight excluding hydrogens is 1470 g/mol. The summed E-state index contributed by atoms with van der Waals surface area (Å²) in [7, 11) is 4.09. The Balaban J connectivity index is 0.819. The van der Waals surface area contributed by atoms with E-state index in [9.17, 15) is 89.4 Å². The Hall–Kier alpha value is -9.19. The van der Waals surface area contributed by atoms with Crippen molar-refractivity contribution in [3.63, 3.8) is 0 Å². The van der Waals surface area contributed by atoms with Gasteiger partial charge in [-0.1, -0.05) is 23.3 Å². The van der Waals surface area contributed by atoms with Crippen LogP contribution in [0.25, 0.3) is 0 Å². The number of rotatable bonds is 25. The molecule has 102 heavy (non-hydrogen) atoms. The van der Waals surface area contributed by atoms with Crippen LogP contribution < -0.4 is 47.1 Å². The van der Waals surface area contributed by atoms with Crippen LogP contribution in [-0.2, 0) is 46.5 Å². The number of aliphatic hydroxyl groups is 8. The first-order valence-electron chi connectivity index (χ1n) is 31.8. The highest BCUT2D eigenvalue weighted by atomic mass is 127. The quantitative estimate of drug-likeness (QED) is 0.0254. The van der Waals surface area contributed by atoms with Gasteiger partial charge in [-0.25, -0.2) is 29.0 Å². The maximum Gasteiger partial charge on any atom is 0.416 e. The van der Waals surface area contributed by atoms with Gasteiger partial charge in [0.1, 0.15) is 61.3 Å². The fourth-order valence-electron chi connectivity index (χ4n) is 12.3. The van der Waals surface area contributed by atoms with Gasteiger partial charge >= 0.3 is 24.1 Å². The number of benzene rings is 4. The molecule has 14 atom stereocenters. The van der Waals surface area contributed by atoms with Crippen LogP contribution in [0.3, 0.4) is 0 Å². The number of nitrogens with one attached hydrogen (secondary N) is 2. The average molecular weight is 1540 g/mol. The third kappa shape index (κ3) is 15.7. The van der Waals surface area contributed by atoms with Crippen LogP contribution in [-0.4, -0.2) is 242 Å². The van der Waals surface area contributed by atoms with Gasteiger partial charge in [-0.3, -0.25) is 22.7 Å². The number of anilines is 2. The minimum Gasteiger partial charge on any atom is -0.493 e. The summed E-state index contributed by atoms with van der Waals surface area (Å²) in [6.45, 7) is 2.56. The molecule has 6 aliphatic heterocycles.